The second kappa shape index (κ2) is 9.24. The molecule has 0 aliphatic carbocycles. The number of ether oxygens (including phenoxy) is 1. The van der Waals surface area contributed by atoms with Crippen LogP contribution in [0.15, 0.2) is 31.2 Å². The molecule has 1 atom stereocenters. The molecule has 0 amide bonds. The van der Waals surface area contributed by atoms with Gasteiger partial charge in [0.15, 0.2) is 5.82 Å². The van der Waals surface area contributed by atoms with Crippen LogP contribution in [0.1, 0.15) is 46.1 Å². The molecule has 164 valence electrons. The van der Waals surface area contributed by atoms with Crippen LogP contribution >= 0.6 is 0 Å². The normalized spacial score (nSPS) is 12.5. The molecule has 3 aromatic rings. The number of esters is 1. The molecule has 0 bridgehead atoms. The van der Waals surface area contributed by atoms with E-state index in [0.29, 0.717) is 47.7 Å². The lowest BCUT2D eigenvalue weighted by Crippen LogP contribution is -2.35. The minimum Gasteiger partial charge on any atom is -0.466 e. The summed E-state index contributed by atoms with van der Waals surface area (Å²) in [5.74, 6) is 0.382. The van der Waals surface area contributed by atoms with Gasteiger partial charge in [0, 0.05) is 41.4 Å². The van der Waals surface area contributed by atoms with Crippen LogP contribution in [-0.2, 0) is 9.53 Å². The molecule has 31 heavy (non-hydrogen) atoms. The van der Waals surface area contributed by atoms with Crippen LogP contribution in [0.5, 0.6) is 0 Å². The summed E-state index contributed by atoms with van der Waals surface area (Å²) in [5, 5.41) is 4.07. The van der Waals surface area contributed by atoms with Gasteiger partial charge in [-0.2, -0.15) is 0 Å². The first kappa shape index (κ1) is 22.4. The number of rotatable bonds is 8. The predicted molar refractivity (Wildman–Crippen MR) is 120 cm³/mol. The summed E-state index contributed by atoms with van der Waals surface area (Å²) in [6.45, 7) is 12.3. The number of nitrogens with zero attached hydrogens (tertiary/aromatic N) is 3. The number of H-pyrrole nitrogens is 1. The SMILES string of the molecule is C=Cc1cnc(-c2c[nH]c3ncc(F)cc23)nc1NC(CCC(=O)OCC)C(C)(C)C. The van der Waals surface area contributed by atoms with E-state index in [4.69, 9.17) is 9.72 Å². The maximum Gasteiger partial charge on any atom is 0.305 e. The van der Waals surface area contributed by atoms with Crippen LogP contribution in [0.2, 0.25) is 0 Å². The summed E-state index contributed by atoms with van der Waals surface area (Å²) in [6, 6.07) is 1.35. The summed E-state index contributed by atoms with van der Waals surface area (Å²) in [4.78, 5) is 28.1. The molecule has 3 heterocycles. The van der Waals surface area contributed by atoms with Gasteiger partial charge in [0.05, 0.1) is 12.8 Å². The van der Waals surface area contributed by atoms with E-state index in [1.807, 2.05) is 0 Å². The maximum atomic E-state index is 13.7. The molecule has 0 fully saturated rings. The first-order valence-electron chi connectivity index (χ1n) is 10.3. The molecule has 0 aliphatic heterocycles. The van der Waals surface area contributed by atoms with Gasteiger partial charge in [-0.25, -0.2) is 19.3 Å². The fourth-order valence-corrected chi connectivity index (χ4v) is 3.33. The van der Waals surface area contributed by atoms with Crippen molar-refractivity contribution in [2.45, 2.75) is 46.6 Å². The molecule has 0 saturated heterocycles. The summed E-state index contributed by atoms with van der Waals surface area (Å²) >= 11 is 0. The third-order valence-electron chi connectivity index (χ3n) is 5.07. The summed E-state index contributed by atoms with van der Waals surface area (Å²) < 4.78 is 18.8. The Morgan fingerprint density at radius 1 is 1.35 bits per heavy atom. The van der Waals surface area contributed by atoms with E-state index in [1.54, 1.807) is 25.4 Å². The zero-order valence-corrected chi connectivity index (χ0v) is 18.3. The Labute approximate surface area is 181 Å². The maximum absolute atomic E-state index is 13.7. The van der Waals surface area contributed by atoms with Gasteiger partial charge in [-0.05, 0) is 24.8 Å². The molecule has 0 spiro atoms. The van der Waals surface area contributed by atoms with Crippen molar-refractivity contribution in [1.29, 1.82) is 0 Å². The van der Waals surface area contributed by atoms with E-state index < -0.39 is 5.82 Å². The van der Waals surface area contributed by atoms with Crippen LogP contribution in [0.4, 0.5) is 10.2 Å². The van der Waals surface area contributed by atoms with Crippen molar-refractivity contribution in [2.24, 2.45) is 5.41 Å². The molecule has 0 radical (unpaired) electrons. The standard InChI is InChI=1S/C23H28FN5O2/c1-6-14-11-25-22(17-13-27-21-16(17)10-15(24)12-26-21)29-20(14)28-18(23(3,4)5)8-9-19(30)31-7-2/h6,10-13,18H,1,7-9H2,2-5H3,(H,26,27)(H,25,28,29). The highest BCUT2D eigenvalue weighted by atomic mass is 19.1. The zero-order chi connectivity index (χ0) is 22.6. The highest BCUT2D eigenvalue weighted by Crippen LogP contribution is 2.30. The second-order valence-electron chi connectivity index (χ2n) is 8.36. The number of fused-ring (bicyclic) bond motifs is 1. The van der Waals surface area contributed by atoms with Crippen LogP contribution in [-0.4, -0.2) is 38.6 Å². The average molecular weight is 426 g/mol. The topological polar surface area (TPSA) is 92.8 Å². The lowest BCUT2D eigenvalue weighted by Gasteiger charge is -2.32. The van der Waals surface area contributed by atoms with Gasteiger partial charge in [-0.15, -0.1) is 0 Å². The number of carbonyl (C=O) groups is 1. The zero-order valence-electron chi connectivity index (χ0n) is 18.3. The smallest absolute Gasteiger partial charge is 0.305 e. The Bertz CT molecular complexity index is 1090. The minimum atomic E-state index is -0.429. The molecule has 8 heteroatoms. The molecule has 0 aliphatic rings. The Kier molecular flexibility index (Phi) is 6.68. The number of carbonyl (C=O) groups excluding carboxylic acids is 1. The van der Waals surface area contributed by atoms with E-state index in [1.165, 1.54) is 6.07 Å². The molecule has 7 nitrogen and oxygen atoms in total. The monoisotopic (exact) mass is 425 g/mol. The Morgan fingerprint density at radius 3 is 2.81 bits per heavy atom. The highest BCUT2D eigenvalue weighted by Gasteiger charge is 2.27. The number of pyridine rings is 1. The predicted octanol–water partition coefficient (Wildman–Crippen LogP) is 4.97. The van der Waals surface area contributed by atoms with Crippen molar-refractivity contribution in [2.75, 3.05) is 11.9 Å². The van der Waals surface area contributed by atoms with E-state index >= 15 is 0 Å². The molecule has 2 N–H and O–H groups in total. The second-order valence-corrected chi connectivity index (χ2v) is 8.36. The number of hydrogen-bond acceptors (Lipinski definition) is 6. The summed E-state index contributed by atoms with van der Waals surface area (Å²) in [6.07, 6.45) is 7.11. The Balaban J connectivity index is 1.94. The van der Waals surface area contributed by atoms with Crippen LogP contribution in [0.3, 0.4) is 0 Å². The van der Waals surface area contributed by atoms with Crippen LogP contribution in [0.25, 0.3) is 28.5 Å². The fourth-order valence-electron chi connectivity index (χ4n) is 3.33. The average Bonchev–Trinajstić information content (AvgIpc) is 3.13. The molecule has 3 aromatic heterocycles. The van der Waals surface area contributed by atoms with Gasteiger partial charge in [0.1, 0.15) is 17.3 Å². The van der Waals surface area contributed by atoms with Gasteiger partial charge in [0.25, 0.3) is 0 Å². The van der Waals surface area contributed by atoms with Crippen molar-refractivity contribution >= 4 is 28.9 Å². The highest BCUT2D eigenvalue weighted by molar-refractivity contribution is 5.91. The lowest BCUT2D eigenvalue weighted by atomic mass is 9.84. The van der Waals surface area contributed by atoms with E-state index in [0.717, 1.165) is 11.8 Å². The molecule has 1 unspecified atom stereocenters. The third-order valence-corrected chi connectivity index (χ3v) is 5.07. The largest absolute Gasteiger partial charge is 0.466 e. The van der Waals surface area contributed by atoms with Crippen molar-refractivity contribution in [1.82, 2.24) is 19.9 Å². The minimum absolute atomic E-state index is 0.0552. The van der Waals surface area contributed by atoms with Crippen molar-refractivity contribution in [3.05, 3.63) is 42.6 Å². The van der Waals surface area contributed by atoms with Crippen LogP contribution in [0, 0.1) is 11.2 Å². The van der Waals surface area contributed by atoms with E-state index in [-0.39, 0.29) is 17.4 Å². The number of nitrogens with one attached hydrogen (secondary N) is 2. The Morgan fingerprint density at radius 2 is 2.13 bits per heavy atom. The molecule has 3 rings (SSSR count). The first-order valence-corrected chi connectivity index (χ1v) is 10.3. The number of anilines is 1. The van der Waals surface area contributed by atoms with E-state index in [2.05, 4.69) is 47.6 Å². The fraction of sp³-hybridized carbons (Fsp3) is 0.391. The third kappa shape index (κ3) is 5.25. The molecule has 0 saturated carbocycles. The molecular weight excluding hydrogens is 397 g/mol. The number of halogens is 1. The van der Waals surface area contributed by atoms with Gasteiger partial charge in [-0.3, -0.25) is 4.79 Å². The summed E-state index contributed by atoms with van der Waals surface area (Å²) in [5.41, 5.74) is 1.80. The molecular formula is C23H28FN5O2. The Hall–Kier alpha value is -3.29. The lowest BCUT2D eigenvalue weighted by molar-refractivity contribution is -0.143. The quantitative estimate of drug-likeness (QED) is 0.495. The summed E-state index contributed by atoms with van der Waals surface area (Å²) in [7, 11) is 0. The van der Waals surface area contributed by atoms with E-state index in [9.17, 15) is 9.18 Å². The van der Waals surface area contributed by atoms with Gasteiger partial charge < -0.3 is 15.0 Å². The molecule has 0 aromatic carbocycles. The van der Waals surface area contributed by atoms with Gasteiger partial charge in [0.2, 0.25) is 0 Å². The van der Waals surface area contributed by atoms with Crippen molar-refractivity contribution in [3.8, 4) is 11.4 Å². The first-order chi connectivity index (χ1) is 14.7. The van der Waals surface area contributed by atoms with Crippen LogP contribution < -0.4 is 5.32 Å². The number of hydrogen-bond donors (Lipinski definition) is 2. The van der Waals surface area contributed by atoms with Gasteiger partial charge in [-0.1, -0.05) is 33.4 Å². The number of aromatic nitrogens is 4. The number of aromatic amines is 1. The van der Waals surface area contributed by atoms with Crippen molar-refractivity contribution in [3.63, 3.8) is 0 Å². The van der Waals surface area contributed by atoms with Crippen molar-refractivity contribution < 1.29 is 13.9 Å². The van der Waals surface area contributed by atoms with Gasteiger partial charge >= 0.3 is 5.97 Å².